The van der Waals surface area contributed by atoms with Crippen LogP contribution in [0, 0.1) is 0 Å². The Labute approximate surface area is 67.7 Å². The number of carbonyl (C=O) groups is 1. The Morgan fingerprint density at radius 1 is 1.73 bits per heavy atom. The SMILES string of the molecule is CSC(=O)[C@@H]1CC(F)(F)CN1. The highest BCUT2D eigenvalue weighted by molar-refractivity contribution is 8.13. The molecule has 1 rings (SSSR count). The summed E-state index contributed by atoms with van der Waals surface area (Å²) in [6.07, 6.45) is 1.24. The van der Waals surface area contributed by atoms with E-state index in [-0.39, 0.29) is 18.1 Å². The molecule has 5 heteroatoms. The van der Waals surface area contributed by atoms with Crippen LogP contribution in [0.25, 0.3) is 0 Å². The van der Waals surface area contributed by atoms with Crippen molar-refractivity contribution < 1.29 is 13.6 Å². The molecule has 1 saturated heterocycles. The number of thioether (sulfide) groups is 1. The van der Waals surface area contributed by atoms with Gasteiger partial charge in [-0.2, -0.15) is 0 Å². The molecule has 2 nitrogen and oxygen atoms in total. The van der Waals surface area contributed by atoms with Crippen LogP contribution < -0.4 is 5.32 Å². The van der Waals surface area contributed by atoms with E-state index < -0.39 is 12.0 Å². The van der Waals surface area contributed by atoms with Crippen LogP contribution in [0.4, 0.5) is 8.78 Å². The predicted octanol–water partition coefficient (Wildman–Crippen LogP) is 0.873. The highest BCUT2D eigenvalue weighted by atomic mass is 32.2. The van der Waals surface area contributed by atoms with Crippen LogP contribution in [0.3, 0.4) is 0 Å². The minimum Gasteiger partial charge on any atom is -0.301 e. The molecule has 0 radical (unpaired) electrons. The van der Waals surface area contributed by atoms with Crippen molar-refractivity contribution in [3.05, 3.63) is 0 Å². The average Bonchev–Trinajstić information content (AvgIpc) is 2.29. The zero-order valence-electron chi connectivity index (χ0n) is 6.06. The van der Waals surface area contributed by atoms with Crippen LogP contribution in [0.1, 0.15) is 6.42 Å². The Kier molecular flexibility index (Phi) is 2.49. The summed E-state index contributed by atoms with van der Waals surface area (Å²) < 4.78 is 24.9. The van der Waals surface area contributed by atoms with Gasteiger partial charge in [0.2, 0.25) is 5.12 Å². The number of hydrogen-bond acceptors (Lipinski definition) is 3. The largest absolute Gasteiger partial charge is 0.301 e. The first kappa shape index (κ1) is 8.93. The second-order valence-electron chi connectivity index (χ2n) is 2.52. The smallest absolute Gasteiger partial charge is 0.262 e. The standard InChI is InChI=1S/C6H9F2NOS/c1-11-5(10)4-2-6(7,8)3-9-4/h4,9H,2-3H2,1H3/t4-/m0/s1. The summed E-state index contributed by atoms with van der Waals surface area (Å²) in [6.45, 7) is -0.371. The van der Waals surface area contributed by atoms with Crippen LogP contribution in [0.2, 0.25) is 0 Å². The molecule has 1 N–H and O–H groups in total. The van der Waals surface area contributed by atoms with Gasteiger partial charge in [0.05, 0.1) is 12.6 Å². The number of rotatable bonds is 1. The van der Waals surface area contributed by atoms with Gasteiger partial charge in [0.1, 0.15) is 0 Å². The van der Waals surface area contributed by atoms with Gasteiger partial charge in [-0.25, -0.2) is 8.78 Å². The van der Waals surface area contributed by atoms with Crippen molar-refractivity contribution in [2.24, 2.45) is 0 Å². The second kappa shape index (κ2) is 3.06. The summed E-state index contributed by atoms with van der Waals surface area (Å²) >= 11 is 0.988. The van der Waals surface area contributed by atoms with Crippen molar-refractivity contribution in [2.45, 2.75) is 18.4 Å². The lowest BCUT2D eigenvalue weighted by atomic mass is 10.2. The molecule has 1 fully saturated rings. The fourth-order valence-corrected chi connectivity index (χ4v) is 1.48. The van der Waals surface area contributed by atoms with E-state index in [4.69, 9.17) is 0 Å². The summed E-state index contributed by atoms with van der Waals surface area (Å²) in [5.74, 6) is -2.70. The highest BCUT2D eigenvalue weighted by Gasteiger charge is 2.41. The van der Waals surface area contributed by atoms with Crippen LogP contribution in [-0.2, 0) is 4.79 Å². The number of halogens is 2. The first-order chi connectivity index (χ1) is 5.05. The van der Waals surface area contributed by atoms with E-state index in [0.717, 1.165) is 11.8 Å². The van der Waals surface area contributed by atoms with Gasteiger partial charge in [-0.15, -0.1) is 0 Å². The lowest BCUT2D eigenvalue weighted by Gasteiger charge is -2.05. The quantitative estimate of drug-likeness (QED) is 0.651. The summed E-state index contributed by atoms with van der Waals surface area (Å²) in [4.78, 5) is 10.9. The van der Waals surface area contributed by atoms with Crippen molar-refractivity contribution in [3.63, 3.8) is 0 Å². The van der Waals surface area contributed by atoms with Crippen LogP contribution in [0.5, 0.6) is 0 Å². The monoisotopic (exact) mass is 181 g/mol. The topological polar surface area (TPSA) is 29.1 Å². The molecular weight excluding hydrogens is 172 g/mol. The molecule has 1 atom stereocenters. The van der Waals surface area contributed by atoms with E-state index in [0.29, 0.717) is 0 Å². The Morgan fingerprint density at radius 3 is 2.73 bits per heavy atom. The van der Waals surface area contributed by atoms with Gasteiger partial charge >= 0.3 is 0 Å². The van der Waals surface area contributed by atoms with Gasteiger partial charge in [-0.3, -0.25) is 4.79 Å². The molecule has 0 saturated carbocycles. The van der Waals surface area contributed by atoms with Crippen molar-refractivity contribution in [3.8, 4) is 0 Å². The molecule has 0 aliphatic carbocycles. The van der Waals surface area contributed by atoms with Crippen molar-refractivity contribution in [1.29, 1.82) is 0 Å². The second-order valence-corrected chi connectivity index (χ2v) is 3.33. The predicted molar refractivity (Wildman–Crippen MR) is 39.9 cm³/mol. The van der Waals surface area contributed by atoms with Crippen LogP contribution >= 0.6 is 11.8 Å². The van der Waals surface area contributed by atoms with Crippen molar-refractivity contribution >= 4 is 16.9 Å². The van der Waals surface area contributed by atoms with Gasteiger partial charge in [0.25, 0.3) is 5.92 Å². The van der Waals surface area contributed by atoms with Gasteiger partial charge in [-0.05, 0) is 6.26 Å². The molecule has 0 aromatic heterocycles. The van der Waals surface area contributed by atoms with Gasteiger partial charge in [0.15, 0.2) is 0 Å². The molecule has 11 heavy (non-hydrogen) atoms. The van der Waals surface area contributed by atoms with E-state index in [1.807, 2.05) is 0 Å². The van der Waals surface area contributed by atoms with E-state index in [1.54, 1.807) is 6.26 Å². The molecule has 0 amide bonds. The Bertz CT molecular complexity index is 174. The lowest BCUT2D eigenvalue weighted by Crippen LogP contribution is -2.28. The van der Waals surface area contributed by atoms with Crippen molar-refractivity contribution in [2.75, 3.05) is 12.8 Å². The fraction of sp³-hybridized carbons (Fsp3) is 0.833. The molecule has 1 aliphatic heterocycles. The zero-order valence-corrected chi connectivity index (χ0v) is 6.88. The summed E-state index contributed by atoms with van der Waals surface area (Å²) in [7, 11) is 0. The number of hydrogen-bond donors (Lipinski definition) is 1. The molecule has 64 valence electrons. The molecule has 1 aliphatic rings. The van der Waals surface area contributed by atoms with Crippen molar-refractivity contribution in [1.82, 2.24) is 5.32 Å². The highest BCUT2D eigenvalue weighted by Crippen LogP contribution is 2.26. The Morgan fingerprint density at radius 2 is 2.36 bits per heavy atom. The normalized spacial score (nSPS) is 28.8. The third-order valence-electron chi connectivity index (χ3n) is 1.60. The first-order valence-electron chi connectivity index (χ1n) is 3.24. The van der Waals surface area contributed by atoms with E-state index in [2.05, 4.69) is 5.32 Å². The minimum atomic E-state index is -2.70. The number of alkyl halides is 2. The number of nitrogens with one attached hydrogen (secondary N) is 1. The lowest BCUT2D eigenvalue weighted by molar-refractivity contribution is -0.113. The minimum absolute atomic E-state index is 0.206. The maximum absolute atomic E-state index is 12.5. The first-order valence-corrected chi connectivity index (χ1v) is 4.47. The average molecular weight is 181 g/mol. The third kappa shape index (κ3) is 2.13. The van der Waals surface area contributed by atoms with Gasteiger partial charge in [-0.1, -0.05) is 11.8 Å². The fourth-order valence-electron chi connectivity index (χ4n) is 1.02. The zero-order chi connectivity index (χ0) is 8.48. The maximum Gasteiger partial charge on any atom is 0.262 e. The molecular formula is C6H9F2NOS. The molecule has 0 spiro atoms. The maximum atomic E-state index is 12.5. The van der Waals surface area contributed by atoms with Crippen LogP contribution in [0.15, 0.2) is 0 Å². The third-order valence-corrected chi connectivity index (χ3v) is 2.28. The van der Waals surface area contributed by atoms with E-state index in [9.17, 15) is 13.6 Å². The Balaban J connectivity index is 2.48. The van der Waals surface area contributed by atoms with Gasteiger partial charge < -0.3 is 5.32 Å². The summed E-state index contributed by atoms with van der Waals surface area (Å²) in [6, 6.07) is -0.653. The molecule has 1 heterocycles. The summed E-state index contributed by atoms with van der Waals surface area (Å²) in [5, 5.41) is 2.27. The van der Waals surface area contributed by atoms with E-state index in [1.165, 1.54) is 0 Å². The molecule has 0 unspecified atom stereocenters. The van der Waals surface area contributed by atoms with Gasteiger partial charge in [0, 0.05) is 6.42 Å². The van der Waals surface area contributed by atoms with Crippen LogP contribution in [-0.4, -0.2) is 29.9 Å². The molecule has 0 bridgehead atoms. The van der Waals surface area contributed by atoms with E-state index >= 15 is 0 Å². The molecule has 0 aromatic rings. The summed E-state index contributed by atoms with van der Waals surface area (Å²) in [5.41, 5.74) is 0. The number of carbonyl (C=O) groups excluding carboxylic acids is 1. The molecule has 0 aromatic carbocycles. The Hall–Kier alpha value is -0.160.